The maximum Gasteiger partial charge on any atom is 0.169 e. The second-order valence-electron chi connectivity index (χ2n) is 1.58. The van der Waals surface area contributed by atoms with Crippen molar-refractivity contribution in [1.82, 2.24) is 9.55 Å². The van der Waals surface area contributed by atoms with E-state index in [0.717, 1.165) is 6.29 Å². The number of carbonyl (C=O) groups excluding carboxylic acids is 1. The summed E-state index contributed by atoms with van der Waals surface area (Å²) in [6.07, 6.45) is 3.97. The van der Waals surface area contributed by atoms with E-state index in [0.29, 0.717) is 5.69 Å². The highest BCUT2D eigenvalue weighted by atomic mass is 35.5. The van der Waals surface area contributed by atoms with Crippen LogP contribution in [0.1, 0.15) is 10.5 Å². The van der Waals surface area contributed by atoms with E-state index in [4.69, 9.17) is 0 Å². The highest BCUT2D eigenvalue weighted by Gasteiger charge is 1.88. The van der Waals surface area contributed by atoms with Crippen molar-refractivity contribution < 1.29 is 4.79 Å². The zero-order valence-electron chi connectivity index (χ0n) is 4.94. The fourth-order valence-corrected chi connectivity index (χ4v) is 0.494. The molecule has 4 heteroatoms. The minimum Gasteiger partial charge on any atom is -0.340 e. The molecule has 0 saturated heterocycles. The molecular formula is C5H7ClN2O. The summed E-state index contributed by atoms with van der Waals surface area (Å²) in [5.74, 6) is 0. The van der Waals surface area contributed by atoms with Gasteiger partial charge in [-0.2, -0.15) is 0 Å². The Bertz CT molecular complexity index is 197. The Morgan fingerprint density at radius 2 is 2.44 bits per heavy atom. The van der Waals surface area contributed by atoms with Gasteiger partial charge in [-0.05, 0) is 0 Å². The maximum atomic E-state index is 9.94. The minimum atomic E-state index is 0. The van der Waals surface area contributed by atoms with Gasteiger partial charge < -0.3 is 4.57 Å². The van der Waals surface area contributed by atoms with Gasteiger partial charge in [0.25, 0.3) is 0 Å². The van der Waals surface area contributed by atoms with Gasteiger partial charge in [0.15, 0.2) is 6.29 Å². The normalized spacial score (nSPS) is 8.11. The van der Waals surface area contributed by atoms with Gasteiger partial charge in [-0.3, -0.25) is 4.79 Å². The van der Waals surface area contributed by atoms with E-state index in [-0.39, 0.29) is 12.4 Å². The Labute approximate surface area is 59.1 Å². The van der Waals surface area contributed by atoms with Crippen molar-refractivity contribution in [3.05, 3.63) is 18.2 Å². The molecule has 0 radical (unpaired) electrons. The lowest BCUT2D eigenvalue weighted by molar-refractivity contribution is 0.111. The Balaban J connectivity index is 0.000000640. The van der Waals surface area contributed by atoms with Crippen LogP contribution in [-0.2, 0) is 7.05 Å². The van der Waals surface area contributed by atoms with Crippen molar-refractivity contribution in [2.24, 2.45) is 7.05 Å². The minimum absolute atomic E-state index is 0. The molecule has 3 nitrogen and oxygen atoms in total. The van der Waals surface area contributed by atoms with Crippen LogP contribution < -0.4 is 0 Å². The van der Waals surface area contributed by atoms with E-state index in [1.54, 1.807) is 17.1 Å². The number of carbonyl (C=O) groups is 1. The molecule has 0 aromatic carbocycles. The number of nitrogens with zero attached hydrogens (tertiary/aromatic N) is 2. The summed E-state index contributed by atoms with van der Waals surface area (Å²) in [4.78, 5) is 13.7. The molecule has 50 valence electrons. The number of aromatic nitrogens is 2. The molecule has 0 amide bonds. The van der Waals surface area contributed by atoms with Crippen LogP contribution in [0.2, 0.25) is 0 Å². The van der Waals surface area contributed by atoms with E-state index >= 15 is 0 Å². The van der Waals surface area contributed by atoms with Gasteiger partial charge in [0.05, 0.1) is 6.33 Å². The van der Waals surface area contributed by atoms with Gasteiger partial charge >= 0.3 is 0 Å². The fourth-order valence-electron chi connectivity index (χ4n) is 0.494. The summed E-state index contributed by atoms with van der Waals surface area (Å²) < 4.78 is 1.73. The number of halogens is 1. The zero-order valence-corrected chi connectivity index (χ0v) is 5.76. The largest absolute Gasteiger partial charge is 0.340 e. The second kappa shape index (κ2) is 3.25. The first-order valence-corrected chi connectivity index (χ1v) is 2.26. The molecule has 0 aliphatic rings. The van der Waals surface area contributed by atoms with Crippen molar-refractivity contribution in [3.8, 4) is 0 Å². The van der Waals surface area contributed by atoms with Crippen LogP contribution >= 0.6 is 12.4 Å². The average Bonchev–Trinajstić information content (AvgIpc) is 2.14. The number of imidazole rings is 1. The van der Waals surface area contributed by atoms with Gasteiger partial charge in [-0.15, -0.1) is 12.4 Å². The van der Waals surface area contributed by atoms with Crippen molar-refractivity contribution in [2.75, 3.05) is 0 Å². The fraction of sp³-hybridized carbons (Fsp3) is 0.200. The average molecular weight is 147 g/mol. The number of rotatable bonds is 1. The first-order valence-electron chi connectivity index (χ1n) is 2.26. The quantitative estimate of drug-likeness (QED) is 0.546. The lowest BCUT2D eigenvalue weighted by Crippen LogP contribution is -1.78. The third-order valence-corrected chi connectivity index (χ3v) is 0.846. The van der Waals surface area contributed by atoms with E-state index in [9.17, 15) is 4.79 Å². The molecule has 0 N–H and O–H groups in total. The second-order valence-corrected chi connectivity index (χ2v) is 1.58. The molecule has 0 spiro atoms. The summed E-state index contributed by atoms with van der Waals surface area (Å²) in [6.45, 7) is 0. The molecule has 0 aliphatic carbocycles. The molecule has 9 heavy (non-hydrogen) atoms. The summed E-state index contributed by atoms with van der Waals surface area (Å²) >= 11 is 0. The van der Waals surface area contributed by atoms with Gasteiger partial charge in [0.2, 0.25) is 0 Å². The topological polar surface area (TPSA) is 34.9 Å². The third-order valence-electron chi connectivity index (χ3n) is 0.846. The molecule has 1 heterocycles. The van der Waals surface area contributed by atoms with E-state index in [1.807, 2.05) is 7.05 Å². The summed E-state index contributed by atoms with van der Waals surface area (Å²) in [6, 6.07) is 0. The van der Waals surface area contributed by atoms with Crippen molar-refractivity contribution in [2.45, 2.75) is 0 Å². The van der Waals surface area contributed by atoms with Crippen LogP contribution in [0, 0.1) is 0 Å². The molecule has 0 aliphatic heterocycles. The SMILES string of the molecule is Cl.Cn1cnc(C=O)c1. The molecule has 0 saturated carbocycles. The Hall–Kier alpha value is -0.830. The van der Waals surface area contributed by atoms with Crippen LogP contribution in [0.25, 0.3) is 0 Å². The van der Waals surface area contributed by atoms with Crippen molar-refractivity contribution in [1.29, 1.82) is 0 Å². The number of aldehydes is 1. The number of hydrogen-bond acceptors (Lipinski definition) is 2. The van der Waals surface area contributed by atoms with Crippen LogP contribution in [0.15, 0.2) is 12.5 Å². The lowest BCUT2D eigenvalue weighted by atomic mass is 10.5. The molecule has 1 rings (SSSR count). The van der Waals surface area contributed by atoms with Crippen LogP contribution in [0.4, 0.5) is 0 Å². The van der Waals surface area contributed by atoms with Gasteiger partial charge in [-0.1, -0.05) is 0 Å². The van der Waals surface area contributed by atoms with E-state index < -0.39 is 0 Å². The van der Waals surface area contributed by atoms with Crippen LogP contribution in [0.3, 0.4) is 0 Å². The highest BCUT2D eigenvalue weighted by molar-refractivity contribution is 5.85. The molecule has 0 fully saturated rings. The zero-order chi connectivity index (χ0) is 5.98. The van der Waals surface area contributed by atoms with E-state index in [2.05, 4.69) is 4.98 Å². The number of aryl methyl sites for hydroxylation is 1. The molecule has 0 atom stereocenters. The maximum absolute atomic E-state index is 9.94. The first-order chi connectivity index (χ1) is 3.83. The van der Waals surface area contributed by atoms with Gasteiger partial charge in [0, 0.05) is 13.2 Å². The first kappa shape index (κ1) is 8.17. The van der Waals surface area contributed by atoms with Crippen molar-refractivity contribution >= 4 is 18.7 Å². The third kappa shape index (κ3) is 1.85. The Morgan fingerprint density at radius 1 is 1.78 bits per heavy atom. The summed E-state index contributed by atoms with van der Waals surface area (Å²) in [7, 11) is 1.82. The summed E-state index contributed by atoms with van der Waals surface area (Å²) in [5.41, 5.74) is 0.479. The predicted molar refractivity (Wildman–Crippen MR) is 35.8 cm³/mol. The smallest absolute Gasteiger partial charge is 0.169 e. The molecular weight excluding hydrogens is 140 g/mol. The lowest BCUT2D eigenvalue weighted by Gasteiger charge is -1.77. The van der Waals surface area contributed by atoms with E-state index in [1.165, 1.54) is 0 Å². The highest BCUT2D eigenvalue weighted by Crippen LogP contribution is 1.86. The van der Waals surface area contributed by atoms with Crippen molar-refractivity contribution in [3.63, 3.8) is 0 Å². The Morgan fingerprint density at radius 3 is 2.67 bits per heavy atom. The van der Waals surface area contributed by atoms with Crippen LogP contribution in [-0.4, -0.2) is 15.8 Å². The molecule has 0 unspecified atom stereocenters. The standard InChI is InChI=1S/C5H6N2O.ClH/c1-7-2-5(3-8)6-4-7;/h2-4H,1H3;1H. The molecule has 1 aromatic heterocycles. The van der Waals surface area contributed by atoms with Gasteiger partial charge in [-0.25, -0.2) is 4.98 Å². The van der Waals surface area contributed by atoms with Gasteiger partial charge in [0.1, 0.15) is 5.69 Å². The Kier molecular flexibility index (Phi) is 2.95. The monoisotopic (exact) mass is 146 g/mol. The molecule has 0 bridgehead atoms. The summed E-state index contributed by atoms with van der Waals surface area (Å²) in [5, 5.41) is 0. The van der Waals surface area contributed by atoms with Crippen LogP contribution in [0.5, 0.6) is 0 Å². The number of hydrogen-bond donors (Lipinski definition) is 0. The molecule has 1 aromatic rings. The predicted octanol–water partition coefficient (Wildman–Crippen LogP) is 0.654.